The minimum atomic E-state index is -5.12. The van der Waals surface area contributed by atoms with Crippen molar-refractivity contribution in [1.29, 1.82) is 5.26 Å². The van der Waals surface area contributed by atoms with Gasteiger partial charge < -0.3 is 5.11 Å². The first kappa shape index (κ1) is 18.3. The van der Waals surface area contributed by atoms with E-state index in [-0.39, 0.29) is 5.56 Å². The van der Waals surface area contributed by atoms with E-state index in [2.05, 4.69) is 4.98 Å². The minimum absolute atomic E-state index is 0.188. The lowest BCUT2D eigenvalue weighted by molar-refractivity contribution is -0.141. The highest BCUT2D eigenvalue weighted by molar-refractivity contribution is 5.90. The molecule has 1 N–H and O–H groups in total. The van der Waals surface area contributed by atoms with Crippen LogP contribution in [0.3, 0.4) is 0 Å². The number of carboxylic acids is 1. The summed E-state index contributed by atoms with van der Waals surface area (Å²) in [4.78, 5) is 14.2. The fourth-order valence-electron chi connectivity index (χ4n) is 2.01. The van der Waals surface area contributed by atoms with Gasteiger partial charge in [0.05, 0.1) is 22.4 Å². The summed E-state index contributed by atoms with van der Waals surface area (Å²) in [5.41, 5.74) is -5.26. The van der Waals surface area contributed by atoms with E-state index in [9.17, 15) is 31.1 Å². The first-order valence-corrected chi connectivity index (χ1v) is 6.38. The highest BCUT2D eigenvalue weighted by atomic mass is 19.4. The molecule has 1 aromatic heterocycles. The molecule has 2 rings (SSSR count). The smallest absolute Gasteiger partial charge is 0.434 e. The number of aromatic nitrogens is 1. The maximum Gasteiger partial charge on any atom is 0.434 e. The van der Waals surface area contributed by atoms with Gasteiger partial charge in [-0.25, -0.2) is 9.78 Å². The number of halogens is 6. The molecule has 0 aliphatic carbocycles. The fourth-order valence-corrected chi connectivity index (χ4v) is 2.01. The van der Waals surface area contributed by atoms with Crippen molar-refractivity contribution in [3.05, 3.63) is 52.7 Å². The van der Waals surface area contributed by atoms with E-state index >= 15 is 0 Å². The monoisotopic (exact) mass is 360 g/mol. The Morgan fingerprint density at radius 1 is 1.04 bits per heavy atom. The van der Waals surface area contributed by atoms with Crippen LogP contribution in [0.25, 0.3) is 11.3 Å². The average Bonchev–Trinajstić information content (AvgIpc) is 2.52. The summed E-state index contributed by atoms with van der Waals surface area (Å²) >= 11 is 0. The maximum absolute atomic E-state index is 13.0. The predicted molar refractivity (Wildman–Crippen MR) is 71.4 cm³/mol. The van der Waals surface area contributed by atoms with E-state index in [1.165, 1.54) is 6.07 Å². The van der Waals surface area contributed by atoms with Crippen LogP contribution >= 0.6 is 0 Å². The lowest BCUT2D eigenvalue weighted by atomic mass is 10.0. The Morgan fingerprint density at radius 2 is 1.60 bits per heavy atom. The van der Waals surface area contributed by atoms with Gasteiger partial charge in [0.15, 0.2) is 5.69 Å². The lowest BCUT2D eigenvalue weighted by Crippen LogP contribution is -2.16. The lowest BCUT2D eigenvalue weighted by Gasteiger charge is -2.13. The highest BCUT2D eigenvalue weighted by Crippen LogP contribution is 2.35. The third-order valence-corrected chi connectivity index (χ3v) is 3.13. The molecule has 10 heteroatoms. The SMILES string of the molecule is N#Cc1cc(C(=O)O)c(C(F)(F)F)nc1-c1ccc(C(F)(F)F)cc1. The fraction of sp³-hybridized carbons (Fsp3) is 0.133. The molecular formula is C15H6F6N2O2. The molecule has 0 atom stereocenters. The molecule has 25 heavy (non-hydrogen) atoms. The molecule has 1 heterocycles. The van der Waals surface area contributed by atoms with Crippen molar-refractivity contribution in [3.63, 3.8) is 0 Å². The van der Waals surface area contributed by atoms with Crippen LogP contribution in [0, 0.1) is 11.3 Å². The molecule has 0 fully saturated rings. The van der Waals surface area contributed by atoms with E-state index in [4.69, 9.17) is 10.4 Å². The molecule has 0 spiro atoms. The molecule has 0 amide bonds. The van der Waals surface area contributed by atoms with Gasteiger partial charge in [0, 0.05) is 5.56 Å². The molecular weight excluding hydrogens is 354 g/mol. The summed E-state index contributed by atoms with van der Waals surface area (Å²) in [7, 11) is 0. The molecule has 1 aromatic carbocycles. The van der Waals surface area contributed by atoms with Crippen molar-refractivity contribution in [1.82, 2.24) is 4.98 Å². The van der Waals surface area contributed by atoms with E-state index in [0.29, 0.717) is 18.2 Å². The number of hydrogen-bond acceptors (Lipinski definition) is 3. The first-order chi connectivity index (χ1) is 11.4. The molecule has 0 unspecified atom stereocenters. The summed E-state index contributed by atoms with van der Waals surface area (Å²) in [6.45, 7) is 0. The average molecular weight is 360 g/mol. The Balaban J connectivity index is 2.69. The van der Waals surface area contributed by atoms with Crippen LogP contribution in [0.2, 0.25) is 0 Å². The van der Waals surface area contributed by atoms with Gasteiger partial charge in [-0.3, -0.25) is 0 Å². The second-order valence-electron chi connectivity index (χ2n) is 4.77. The first-order valence-electron chi connectivity index (χ1n) is 6.38. The number of alkyl halides is 6. The van der Waals surface area contributed by atoms with Gasteiger partial charge in [0.1, 0.15) is 6.07 Å². The van der Waals surface area contributed by atoms with E-state index in [1.54, 1.807) is 0 Å². The molecule has 0 aliphatic rings. The quantitative estimate of drug-likeness (QED) is 0.808. The maximum atomic E-state index is 13.0. The standard InChI is InChI=1S/C15H6F6N2O2/c16-14(17,18)9-3-1-7(2-4-9)11-8(6-22)5-10(13(24)25)12(23-11)15(19,20)21/h1-5H,(H,24,25). The van der Waals surface area contributed by atoms with Crippen molar-refractivity contribution >= 4 is 5.97 Å². The van der Waals surface area contributed by atoms with Crippen LogP contribution < -0.4 is 0 Å². The topological polar surface area (TPSA) is 74.0 Å². The number of pyridine rings is 1. The number of hydrogen-bond donors (Lipinski definition) is 1. The third kappa shape index (κ3) is 3.71. The normalized spacial score (nSPS) is 11.9. The van der Waals surface area contributed by atoms with Gasteiger partial charge in [-0.1, -0.05) is 12.1 Å². The Labute approximate surface area is 136 Å². The van der Waals surface area contributed by atoms with Crippen molar-refractivity contribution < 1.29 is 36.2 Å². The molecule has 0 bridgehead atoms. The van der Waals surface area contributed by atoms with E-state index in [0.717, 1.165) is 12.1 Å². The Bertz CT molecular complexity index is 864. The van der Waals surface area contributed by atoms with Crippen molar-refractivity contribution in [2.45, 2.75) is 12.4 Å². The number of nitriles is 1. The predicted octanol–water partition coefficient (Wildman–Crippen LogP) is 4.36. The largest absolute Gasteiger partial charge is 0.478 e. The van der Waals surface area contributed by atoms with E-state index < -0.39 is 46.4 Å². The van der Waals surface area contributed by atoms with Crippen LogP contribution in [0.15, 0.2) is 30.3 Å². The Kier molecular flexibility index (Phi) is 4.44. The van der Waals surface area contributed by atoms with Crippen molar-refractivity contribution in [3.8, 4) is 17.3 Å². The molecule has 0 radical (unpaired) electrons. The van der Waals surface area contributed by atoms with Crippen LogP contribution in [0.1, 0.15) is 27.2 Å². The molecule has 0 saturated heterocycles. The Morgan fingerprint density at radius 3 is 2.00 bits per heavy atom. The van der Waals surface area contributed by atoms with Gasteiger partial charge in [-0.2, -0.15) is 31.6 Å². The number of rotatable bonds is 2. The van der Waals surface area contributed by atoms with Gasteiger partial charge in [-0.15, -0.1) is 0 Å². The Hall–Kier alpha value is -3.09. The van der Waals surface area contributed by atoms with Crippen LogP contribution in [0.5, 0.6) is 0 Å². The zero-order valence-corrected chi connectivity index (χ0v) is 11.9. The summed E-state index contributed by atoms with van der Waals surface area (Å²) < 4.78 is 76.7. The summed E-state index contributed by atoms with van der Waals surface area (Å²) in [6.07, 6.45) is -9.77. The second-order valence-corrected chi connectivity index (χ2v) is 4.77. The molecule has 0 aliphatic heterocycles. The molecule has 2 aromatic rings. The van der Waals surface area contributed by atoms with Crippen LogP contribution in [-0.4, -0.2) is 16.1 Å². The van der Waals surface area contributed by atoms with E-state index in [1.807, 2.05) is 0 Å². The van der Waals surface area contributed by atoms with Crippen LogP contribution in [0.4, 0.5) is 26.3 Å². The summed E-state index contributed by atoms with van der Waals surface area (Å²) in [5.74, 6) is -1.93. The van der Waals surface area contributed by atoms with Gasteiger partial charge in [-0.05, 0) is 18.2 Å². The molecule has 0 saturated carbocycles. The minimum Gasteiger partial charge on any atom is -0.478 e. The summed E-state index contributed by atoms with van der Waals surface area (Å²) in [5, 5.41) is 17.9. The highest BCUT2D eigenvalue weighted by Gasteiger charge is 2.38. The number of nitrogens with zero attached hydrogens (tertiary/aromatic N) is 2. The van der Waals surface area contributed by atoms with Gasteiger partial charge in [0.2, 0.25) is 0 Å². The van der Waals surface area contributed by atoms with Crippen molar-refractivity contribution in [2.24, 2.45) is 0 Å². The second kappa shape index (κ2) is 6.08. The van der Waals surface area contributed by atoms with Crippen LogP contribution in [-0.2, 0) is 12.4 Å². The van der Waals surface area contributed by atoms with Gasteiger partial charge in [0.25, 0.3) is 0 Å². The zero-order valence-electron chi connectivity index (χ0n) is 11.9. The third-order valence-electron chi connectivity index (χ3n) is 3.13. The summed E-state index contributed by atoms with van der Waals surface area (Å²) in [6, 6.07) is 4.94. The molecule has 4 nitrogen and oxygen atoms in total. The molecule has 130 valence electrons. The number of aromatic carboxylic acids is 1. The number of carboxylic acid groups (broad SMARTS) is 1. The van der Waals surface area contributed by atoms with Gasteiger partial charge >= 0.3 is 18.3 Å². The number of benzene rings is 1. The number of carbonyl (C=O) groups is 1. The zero-order chi connectivity index (χ0) is 19.0. The van der Waals surface area contributed by atoms with Crippen molar-refractivity contribution in [2.75, 3.05) is 0 Å².